The maximum Gasteiger partial charge on any atom is 0.346 e. The van der Waals surface area contributed by atoms with Crippen molar-refractivity contribution in [2.75, 3.05) is 11.4 Å². The van der Waals surface area contributed by atoms with E-state index in [0.717, 1.165) is 33.2 Å². The predicted molar refractivity (Wildman–Crippen MR) is 110 cm³/mol. The predicted octanol–water partition coefficient (Wildman–Crippen LogP) is 5.56. The van der Waals surface area contributed by atoms with E-state index in [4.69, 9.17) is 10.4 Å². The molecule has 0 unspecified atom stereocenters. The number of rotatable bonds is 6. The topological polar surface area (TPSA) is 64.3 Å². The third kappa shape index (κ3) is 4.25. The Hall–Kier alpha value is -3.36. The maximum absolute atomic E-state index is 11.0. The zero-order valence-corrected chi connectivity index (χ0v) is 15.6. The van der Waals surface area contributed by atoms with Gasteiger partial charge >= 0.3 is 5.97 Å². The van der Waals surface area contributed by atoms with Crippen LogP contribution < -0.4 is 4.90 Å². The van der Waals surface area contributed by atoms with Crippen LogP contribution in [0.5, 0.6) is 0 Å². The Morgan fingerprint density at radius 1 is 1.07 bits per heavy atom. The average molecular weight is 374 g/mol. The largest absolute Gasteiger partial charge is 0.477 e. The van der Waals surface area contributed by atoms with E-state index in [-0.39, 0.29) is 5.57 Å². The summed E-state index contributed by atoms with van der Waals surface area (Å²) in [6.07, 6.45) is 1.40. The number of hydrogen-bond acceptors (Lipinski definition) is 4. The minimum atomic E-state index is -1.21. The third-order valence-corrected chi connectivity index (χ3v) is 5.19. The molecule has 0 aliphatic heterocycles. The van der Waals surface area contributed by atoms with Crippen molar-refractivity contribution in [2.45, 2.75) is 6.92 Å². The number of aliphatic carboxylic acids is 1. The molecule has 1 aromatic heterocycles. The van der Waals surface area contributed by atoms with E-state index in [1.165, 1.54) is 17.4 Å². The monoisotopic (exact) mass is 374 g/mol. The van der Waals surface area contributed by atoms with Gasteiger partial charge in [0.25, 0.3) is 0 Å². The van der Waals surface area contributed by atoms with Crippen molar-refractivity contribution in [1.82, 2.24) is 0 Å². The molecule has 2 aromatic carbocycles. The molecule has 3 rings (SSSR count). The molecule has 0 spiro atoms. The summed E-state index contributed by atoms with van der Waals surface area (Å²) in [5, 5.41) is 17.8. The van der Waals surface area contributed by atoms with Gasteiger partial charge in [-0.15, -0.1) is 11.3 Å². The lowest BCUT2D eigenvalue weighted by Crippen LogP contribution is -2.15. The number of carboxylic acids is 1. The molecule has 0 saturated carbocycles. The first-order valence-electron chi connectivity index (χ1n) is 8.50. The Morgan fingerprint density at radius 2 is 1.74 bits per heavy atom. The van der Waals surface area contributed by atoms with Crippen molar-refractivity contribution >= 4 is 34.8 Å². The van der Waals surface area contributed by atoms with Crippen molar-refractivity contribution in [2.24, 2.45) is 0 Å². The standard InChI is InChI=1S/C22H18N2O2S/c1-2-24(18-6-4-3-5-7-18)19-10-8-16(9-11-19)21-13-12-20(27-21)14-17(15-23)22(25)26/h3-14H,2H2,1H3,(H,25,26). The highest BCUT2D eigenvalue weighted by molar-refractivity contribution is 7.16. The summed E-state index contributed by atoms with van der Waals surface area (Å²) in [7, 11) is 0. The lowest BCUT2D eigenvalue weighted by atomic mass is 10.1. The van der Waals surface area contributed by atoms with Crippen molar-refractivity contribution in [3.63, 3.8) is 0 Å². The molecule has 0 amide bonds. The number of thiophene rings is 1. The van der Waals surface area contributed by atoms with Crippen molar-refractivity contribution in [3.05, 3.63) is 77.2 Å². The van der Waals surface area contributed by atoms with Gasteiger partial charge in [-0.05, 0) is 55.0 Å². The summed E-state index contributed by atoms with van der Waals surface area (Å²) >= 11 is 1.46. The number of para-hydroxylation sites is 1. The second-order valence-corrected chi connectivity index (χ2v) is 6.92. The zero-order chi connectivity index (χ0) is 19.2. The number of carboxylic acid groups (broad SMARTS) is 1. The van der Waals surface area contributed by atoms with Gasteiger partial charge < -0.3 is 10.0 Å². The van der Waals surface area contributed by atoms with Crippen LogP contribution >= 0.6 is 11.3 Å². The molecular weight excluding hydrogens is 356 g/mol. The fourth-order valence-electron chi connectivity index (χ4n) is 2.80. The molecular formula is C22H18N2O2S. The number of carbonyl (C=O) groups is 1. The summed E-state index contributed by atoms with van der Waals surface area (Å²) in [6, 6.07) is 24.0. The van der Waals surface area contributed by atoms with Gasteiger partial charge in [-0.1, -0.05) is 30.3 Å². The van der Waals surface area contributed by atoms with E-state index < -0.39 is 5.97 Å². The summed E-state index contributed by atoms with van der Waals surface area (Å²) < 4.78 is 0. The third-order valence-electron chi connectivity index (χ3n) is 4.11. The second kappa shape index (κ2) is 8.35. The Morgan fingerprint density at radius 3 is 2.33 bits per heavy atom. The fourth-order valence-corrected chi connectivity index (χ4v) is 3.75. The molecule has 4 nitrogen and oxygen atoms in total. The van der Waals surface area contributed by atoms with Gasteiger partial charge in [-0.25, -0.2) is 4.79 Å². The minimum absolute atomic E-state index is 0.264. The Bertz CT molecular complexity index is 999. The van der Waals surface area contributed by atoms with Gasteiger partial charge in [0.2, 0.25) is 0 Å². The van der Waals surface area contributed by atoms with Crippen molar-refractivity contribution in [3.8, 4) is 16.5 Å². The van der Waals surface area contributed by atoms with Crippen molar-refractivity contribution in [1.29, 1.82) is 5.26 Å². The molecule has 0 fully saturated rings. The molecule has 0 aliphatic carbocycles. The maximum atomic E-state index is 11.0. The van der Waals surface area contributed by atoms with E-state index in [0.29, 0.717) is 0 Å². The summed E-state index contributed by atoms with van der Waals surface area (Å²) in [6.45, 7) is 2.98. The lowest BCUT2D eigenvalue weighted by molar-refractivity contribution is -0.132. The molecule has 5 heteroatoms. The summed E-state index contributed by atoms with van der Waals surface area (Å²) in [5.74, 6) is -1.21. The Labute approximate surface area is 162 Å². The second-order valence-electron chi connectivity index (χ2n) is 5.80. The lowest BCUT2D eigenvalue weighted by Gasteiger charge is -2.23. The van der Waals surface area contributed by atoms with E-state index in [9.17, 15) is 4.79 Å². The van der Waals surface area contributed by atoms with Gasteiger partial charge in [0, 0.05) is 27.7 Å². The van der Waals surface area contributed by atoms with Crippen LogP contribution in [0.3, 0.4) is 0 Å². The fraction of sp³-hybridized carbons (Fsp3) is 0.0909. The SMILES string of the molecule is CCN(c1ccccc1)c1ccc(-c2ccc(C=C(C#N)C(=O)O)s2)cc1. The smallest absolute Gasteiger partial charge is 0.346 e. The van der Waals surface area contributed by atoms with Gasteiger partial charge in [-0.3, -0.25) is 0 Å². The molecule has 0 atom stereocenters. The molecule has 0 saturated heterocycles. The van der Waals surface area contributed by atoms with Gasteiger partial charge in [-0.2, -0.15) is 5.26 Å². The van der Waals surface area contributed by atoms with Crippen LogP contribution in [-0.4, -0.2) is 17.6 Å². The average Bonchev–Trinajstić information content (AvgIpc) is 3.16. The normalized spacial score (nSPS) is 11.0. The van der Waals surface area contributed by atoms with Crippen molar-refractivity contribution < 1.29 is 9.90 Å². The van der Waals surface area contributed by atoms with E-state index >= 15 is 0 Å². The van der Waals surface area contributed by atoms with E-state index in [1.807, 2.05) is 30.3 Å². The highest BCUT2D eigenvalue weighted by Gasteiger charge is 2.10. The molecule has 0 bridgehead atoms. The number of anilines is 2. The number of nitriles is 1. The van der Waals surface area contributed by atoms with Crippen LogP contribution in [0.1, 0.15) is 11.8 Å². The molecule has 1 N–H and O–H groups in total. The summed E-state index contributed by atoms with van der Waals surface area (Å²) in [4.78, 5) is 15.0. The first-order valence-corrected chi connectivity index (χ1v) is 9.32. The minimum Gasteiger partial charge on any atom is -0.477 e. The zero-order valence-electron chi connectivity index (χ0n) is 14.8. The van der Waals surface area contributed by atoms with Crippen LogP contribution in [0, 0.1) is 11.3 Å². The summed E-state index contributed by atoms with van der Waals surface area (Å²) in [5.41, 5.74) is 3.05. The number of hydrogen-bond donors (Lipinski definition) is 1. The quantitative estimate of drug-likeness (QED) is 0.453. The molecule has 0 aliphatic rings. The molecule has 134 valence electrons. The van der Waals surface area contributed by atoms with Crippen LogP contribution in [0.4, 0.5) is 11.4 Å². The highest BCUT2D eigenvalue weighted by atomic mass is 32.1. The van der Waals surface area contributed by atoms with Gasteiger partial charge in [0.1, 0.15) is 11.6 Å². The van der Waals surface area contributed by atoms with Crippen LogP contribution in [-0.2, 0) is 4.79 Å². The van der Waals surface area contributed by atoms with Gasteiger partial charge in [0.15, 0.2) is 0 Å². The Kier molecular flexibility index (Phi) is 5.70. The molecule has 27 heavy (non-hydrogen) atoms. The van der Waals surface area contributed by atoms with Crippen LogP contribution in [0.25, 0.3) is 16.5 Å². The van der Waals surface area contributed by atoms with Gasteiger partial charge in [0.05, 0.1) is 0 Å². The molecule has 1 heterocycles. The van der Waals surface area contributed by atoms with E-state index in [1.54, 1.807) is 6.07 Å². The van der Waals surface area contributed by atoms with Crippen LogP contribution in [0.2, 0.25) is 0 Å². The number of benzene rings is 2. The Balaban J connectivity index is 1.84. The number of nitrogens with zero attached hydrogens (tertiary/aromatic N) is 2. The highest BCUT2D eigenvalue weighted by Crippen LogP contribution is 2.32. The first-order chi connectivity index (χ1) is 13.1. The molecule has 0 radical (unpaired) electrons. The molecule has 3 aromatic rings. The van der Waals surface area contributed by atoms with E-state index in [2.05, 4.69) is 48.2 Å². The first kappa shape index (κ1) is 18.4. The van der Waals surface area contributed by atoms with Crippen LogP contribution in [0.15, 0.2) is 72.3 Å².